The summed E-state index contributed by atoms with van der Waals surface area (Å²) >= 11 is 0. The van der Waals surface area contributed by atoms with Gasteiger partial charge in [0.15, 0.2) is 11.6 Å². The normalized spacial score (nSPS) is 11.6. The molecule has 0 heterocycles. The molecule has 0 atom stereocenters. The quantitative estimate of drug-likeness (QED) is 0.463. The largest absolute Gasteiger partial charge is 0.523 e. The number of rotatable bonds is 3. The zero-order valence-electron chi connectivity index (χ0n) is 13.5. The first-order chi connectivity index (χ1) is 11.4. The minimum absolute atomic E-state index is 0.0145. The van der Waals surface area contributed by atoms with Gasteiger partial charge >= 0.3 is 15.6 Å². The summed E-state index contributed by atoms with van der Waals surface area (Å²) in [6.07, 6.45) is 0. The molecule has 0 unspecified atom stereocenters. The smallest absolute Gasteiger partial charge is 0.294 e. The van der Waals surface area contributed by atoms with E-state index in [2.05, 4.69) is 4.18 Å². The predicted molar refractivity (Wildman–Crippen MR) is 85.9 cm³/mol. The molecule has 2 rings (SSSR count). The summed E-state index contributed by atoms with van der Waals surface area (Å²) in [5, 5.41) is 1.70. The van der Waals surface area contributed by atoms with Gasteiger partial charge in [-0.05, 0) is 19.2 Å². The highest BCUT2D eigenvalue weighted by Crippen LogP contribution is 2.24. The Labute approximate surface area is 142 Å². The first kappa shape index (κ1) is 20.8. The summed E-state index contributed by atoms with van der Waals surface area (Å²) < 4.78 is 55.9. The van der Waals surface area contributed by atoms with Gasteiger partial charge in [-0.3, -0.25) is 13.8 Å². The van der Waals surface area contributed by atoms with Gasteiger partial charge in [-0.2, -0.15) is 21.6 Å². The molecule has 25 heavy (non-hydrogen) atoms. The molecule has 9 heteroatoms. The Kier molecular flexibility index (Phi) is 6.44. The number of hydrogen-bond donors (Lipinski definition) is 0. The molecular formula is C16H15F3O5S. The van der Waals surface area contributed by atoms with E-state index >= 15 is 0 Å². The van der Waals surface area contributed by atoms with Crippen LogP contribution < -0.4 is 0 Å². The van der Waals surface area contributed by atoms with Crippen molar-refractivity contribution in [3.05, 3.63) is 47.5 Å². The van der Waals surface area contributed by atoms with E-state index in [1.807, 2.05) is 24.3 Å². The molecule has 0 bridgehead atoms. The monoisotopic (exact) mass is 376 g/mol. The highest BCUT2D eigenvalue weighted by Gasteiger charge is 2.46. The lowest BCUT2D eigenvalue weighted by Crippen LogP contribution is -2.23. The van der Waals surface area contributed by atoms with Crippen molar-refractivity contribution in [1.29, 1.82) is 0 Å². The van der Waals surface area contributed by atoms with Gasteiger partial charge < -0.3 is 0 Å². The zero-order valence-corrected chi connectivity index (χ0v) is 14.4. The Balaban J connectivity index is 0.000000299. The van der Waals surface area contributed by atoms with Crippen LogP contribution in [0.2, 0.25) is 0 Å². The Morgan fingerprint density at radius 1 is 0.920 bits per heavy atom. The molecule has 0 saturated carbocycles. The van der Waals surface area contributed by atoms with Crippen molar-refractivity contribution in [2.45, 2.75) is 19.4 Å². The van der Waals surface area contributed by atoms with Crippen molar-refractivity contribution >= 4 is 32.5 Å². The fraction of sp³-hybridized carbons (Fsp3) is 0.250. The van der Waals surface area contributed by atoms with E-state index in [4.69, 9.17) is 0 Å². The van der Waals surface area contributed by atoms with Gasteiger partial charge in [0.1, 0.15) is 0 Å². The van der Waals surface area contributed by atoms with E-state index in [0.29, 0.717) is 18.2 Å². The Morgan fingerprint density at radius 3 is 1.56 bits per heavy atom. The molecule has 2 aromatic carbocycles. The summed E-state index contributed by atoms with van der Waals surface area (Å²) in [6, 6.07) is 11.0. The average molecular weight is 376 g/mol. The second-order valence-corrected chi connectivity index (χ2v) is 6.59. The van der Waals surface area contributed by atoms with Crippen LogP contribution in [0.15, 0.2) is 36.4 Å². The Morgan fingerprint density at radius 2 is 1.32 bits per heavy atom. The molecule has 0 aliphatic heterocycles. The van der Waals surface area contributed by atoms with Crippen LogP contribution in [0.1, 0.15) is 34.6 Å². The minimum Gasteiger partial charge on any atom is -0.294 e. The van der Waals surface area contributed by atoms with Crippen LogP contribution in [0.4, 0.5) is 13.2 Å². The molecule has 0 fully saturated rings. The van der Waals surface area contributed by atoms with Gasteiger partial charge in [-0.25, -0.2) is 0 Å². The number of hydrogen-bond acceptors (Lipinski definition) is 5. The third kappa shape index (κ3) is 4.86. The van der Waals surface area contributed by atoms with Crippen molar-refractivity contribution < 1.29 is 35.4 Å². The molecule has 0 amide bonds. The van der Waals surface area contributed by atoms with E-state index in [1.165, 1.54) is 13.8 Å². The molecule has 0 radical (unpaired) electrons. The summed E-state index contributed by atoms with van der Waals surface area (Å²) in [5.41, 5.74) is -4.08. The van der Waals surface area contributed by atoms with Crippen LogP contribution in [-0.4, -0.2) is 32.6 Å². The number of carbonyl (C=O) groups excluding carboxylic acids is 2. The Bertz CT molecular complexity index is 853. The fourth-order valence-electron chi connectivity index (χ4n) is 2.02. The lowest BCUT2D eigenvalue weighted by atomic mass is 9.95. The molecule has 0 aliphatic carbocycles. The summed E-state index contributed by atoms with van der Waals surface area (Å²) in [6.45, 7) is 3.04. The van der Waals surface area contributed by atoms with Crippen LogP contribution >= 0.6 is 0 Å². The lowest BCUT2D eigenvalue weighted by Gasteiger charge is -2.07. The van der Waals surface area contributed by atoms with E-state index in [-0.39, 0.29) is 11.6 Å². The van der Waals surface area contributed by atoms with Gasteiger partial charge in [-0.15, -0.1) is 0 Å². The van der Waals surface area contributed by atoms with Gasteiger partial charge in [0.25, 0.3) is 0 Å². The maximum atomic E-state index is 11.5. The first-order valence-corrected chi connectivity index (χ1v) is 8.23. The molecule has 5 nitrogen and oxygen atoms in total. The van der Waals surface area contributed by atoms with E-state index in [9.17, 15) is 31.2 Å². The summed E-state index contributed by atoms with van der Waals surface area (Å²) in [5.74, 6) is -0.0291. The standard InChI is InChI=1S/C14H12O2.C2H3F3O3S/c1-9(15)12-7-3-5-11-6-4-8-13(10(2)16)14(11)12;1-8-9(6,7)2(3,4)5/h3-8H,1-2H3;1H3. The van der Waals surface area contributed by atoms with E-state index in [1.54, 1.807) is 12.1 Å². The summed E-state index contributed by atoms with van der Waals surface area (Å²) in [4.78, 5) is 23.0. The average Bonchev–Trinajstić information content (AvgIpc) is 2.52. The topological polar surface area (TPSA) is 77.5 Å². The maximum absolute atomic E-state index is 11.5. The van der Waals surface area contributed by atoms with E-state index < -0.39 is 15.6 Å². The van der Waals surface area contributed by atoms with Gasteiger partial charge in [0.05, 0.1) is 7.11 Å². The highest BCUT2D eigenvalue weighted by molar-refractivity contribution is 7.87. The molecule has 136 valence electrons. The highest BCUT2D eigenvalue weighted by atomic mass is 32.2. The second-order valence-electron chi connectivity index (χ2n) is 4.89. The van der Waals surface area contributed by atoms with Crippen LogP contribution in [-0.2, 0) is 14.3 Å². The van der Waals surface area contributed by atoms with Crippen molar-refractivity contribution in [3.63, 3.8) is 0 Å². The number of ketones is 2. The van der Waals surface area contributed by atoms with Crippen LogP contribution in [0, 0.1) is 0 Å². The van der Waals surface area contributed by atoms with Gasteiger partial charge in [0, 0.05) is 16.5 Å². The molecule has 2 aromatic rings. The number of fused-ring (bicyclic) bond motifs is 1. The molecular weight excluding hydrogens is 361 g/mol. The second kappa shape index (κ2) is 7.75. The predicted octanol–water partition coefficient (Wildman–Crippen LogP) is 3.73. The summed E-state index contributed by atoms with van der Waals surface area (Å²) in [7, 11) is -4.89. The maximum Gasteiger partial charge on any atom is 0.523 e. The molecule has 0 N–H and O–H groups in total. The molecule has 0 aliphatic rings. The minimum atomic E-state index is -5.34. The van der Waals surface area contributed by atoms with E-state index in [0.717, 1.165) is 10.8 Å². The lowest BCUT2D eigenvalue weighted by molar-refractivity contribution is -0.0526. The molecule has 0 saturated heterocycles. The third-order valence-electron chi connectivity index (χ3n) is 3.17. The Hall–Kier alpha value is -2.26. The SMILES string of the molecule is CC(=O)c1cccc2cccc(C(C)=O)c12.COS(=O)(=O)C(F)(F)F. The fourth-order valence-corrected chi connectivity index (χ4v) is 2.21. The third-order valence-corrected chi connectivity index (χ3v) is 4.17. The van der Waals surface area contributed by atoms with Crippen molar-refractivity contribution in [3.8, 4) is 0 Å². The number of Topliss-reactive ketones (excluding diaryl/α,β-unsaturated/α-hetero) is 2. The van der Waals surface area contributed by atoms with Gasteiger partial charge in [0.2, 0.25) is 0 Å². The van der Waals surface area contributed by atoms with Crippen molar-refractivity contribution in [2.75, 3.05) is 7.11 Å². The van der Waals surface area contributed by atoms with Crippen LogP contribution in [0.5, 0.6) is 0 Å². The van der Waals surface area contributed by atoms with Crippen molar-refractivity contribution in [1.82, 2.24) is 0 Å². The number of carbonyl (C=O) groups is 2. The molecule has 0 aromatic heterocycles. The zero-order chi connectivity index (χ0) is 19.4. The number of halogens is 3. The van der Waals surface area contributed by atoms with Crippen LogP contribution in [0.25, 0.3) is 10.8 Å². The van der Waals surface area contributed by atoms with Crippen LogP contribution in [0.3, 0.4) is 0 Å². The first-order valence-electron chi connectivity index (χ1n) is 6.83. The number of alkyl halides is 3. The van der Waals surface area contributed by atoms with Crippen molar-refractivity contribution in [2.24, 2.45) is 0 Å². The number of benzene rings is 2. The molecule has 0 spiro atoms. The van der Waals surface area contributed by atoms with Gasteiger partial charge in [-0.1, -0.05) is 36.4 Å².